The molecule has 0 bridgehead atoms. The Bertz CT molecular complexity index is 575. The Morgan fingerprint density at radius 2 is 1.75 bits per heavy atom. The van der Waals surface area contributed by atoms with Crippen LogP contribution in [0.25, 0.3) is 0 Å². The summed E-state index contributed by atoms with van der Waals surface area (Å²) in [5.41, 5.74) is 9.56. The summed E-state index contributed by atoms with van der Waals surface area (Å²) in [5.74, 6) is 1.85. The smallest absolute Gasteiger partial charge is 0.130 e. The molecular weight excluding hydrogens is 246 g/mol. The first kappa shape index (κ1) is 14.6. The Hall–Kier alpha value is -1.80. The van der Waals surface area contributed by atoms with Gasteiger partial charge in [-0.1, -0.05) is 42.8 Å². The van der Waals surface area contributed by atoms with E-state index in [2.05, 4.69) is 32.0 Å². The van der Waals surface area contributed by atoms with E-state index in [1.165, 1.54) is 16.7 Å². The van der Waals surface area contributed by atoms with Crippen molar-refractivity contribution >= 4 is 0 Å². The SMILES string of the molecule is CCc1ccccc1Oc1ccc(C)cc1CC(C)N. The summed E-state index contributed by atoms with van der Waals surface area (Å²) in [4.78, 5) is 0. The van der Waals surface area contributed by atoms with Crippen LogP contribution in [-0.2, 0) is 12.8 Å². The zero-order valence-corrected chi connectivity index (χ0v) is 12.5. The molecular formula is C18H23NO. The largest absolute Gasteiger partial charge is 0.457 e. The number of para-hydroxylation sites is 1. The first-order valence-corrected chi connectivity index (χ1v) is 7.21. The molecule has 0 radical (unpaired) electrons. The molecule has 20 heavy (non-hydrogen) atoms. The lowest BCUT2D eigenvalue weighted by molar-refractivity contribution is 0.468. The third kappa shape index (κ3) is 3.61. The Balaban J connectivity index is 2.33. The van der Waals surface area contributed by atoms with E-state index in [0.717, 1.165) is 24.3 Å². The summed E-state index contributed by atoms with van der Waals surface area (Å²) < 4.78 is 6.13. The summed E-state index contributed by atoms with van der Waals surface area (Å²) in [6, 6.07) is 14.6. The average Bonchev–Trinajstić information content (AvgIpc) is 2.42. The Morgan fingerprint density at radius 1 is 1.05 bits per heavy atom. The predicted molar refractivity (Wildman–Crippen MR) is 84.4 cm³/mol. The van der Waals surface area contributed by atoms with Gasteiger partial charge in [-0.25, -0.2) is 0 Å². The van der Waals surface area contributed by atoms with Crippen LogP contribution in [0.5, 0.6) is 11.5 Å². The molecule has 0 saturated heterocycles. The van der Waals surface area contributed by atoms with E-state index in [4.69, 9.17) is 10.5 Å². The van der Waals surface area contributed by atoms with E-state index in [0.29, 0.717) is 0 Å². The number of ether oxygens (including phenoxy) is 1. The van der Waals surface area contributed by atoms with E-state index in [1.807, 2.05) is 31.2 Å². The van der Waals surface area contributed by atoms with Gasteiger partial charge in [0.1, 0.15) is 11.5 Å². The second kappa shape index (κ2) is 6.58. The standard InChI is InChI=1S/C18H23NO/c1-4-15-7-5-6-8-17(15)20-18-10-9-13(2)11-16(18)12-14(3)19/h5-11,14H,4,12,19H2,1-3H3. The number of rotatable bonds is 5. The van der Waals surface area contributed by atoms with Crippen LogP contribution in [0.15, 0.2) is 42.5 Å². The Kier molecular flexibility index (Phi) is 4.80. The molecule has 106 valence electrons. The maximum Gasteiger partial charge on any atom is 0.130 e. The van der Waals surface area contributed by atoms with Crippen LogP contribution in [-0.4, -0.2) is 6.04 Å². The Labute approximate surface area is 121 Å². The van der Waals surface area contributed by atoms with Gasteiger partial charge in [-0.2, -0.15) is 0 Å². The van der Waals surface area contributed by atoms with Crippen LogP contribution in [0.4, 0.5) is 0 Å². The highest BCUT2D eigenvalue weighted by Crippen LogP contribution is 2.29. The molecule has 0 aliphatic rings. The van der Waals surface area contributed by atoms with E-state index < -0.39 is 0 Å². The molecule has 0 aliphatic heterocycles. The lowest BCUT2D eigenvalue weighted by atomic mass is 10.0. The van der Waals surface area contributed by atoms with Crippen molar-refractivity contribution in [1.82, 2.24) is 0 Å². The van der Waals surface area contributed by atoms with Crippen LogP contribution >= 0.6 is 0 Å². The van der Waals surface area contributed by atoms with Crippen molar-refractivity contribution in [2.24, 2.45) is 5.73 Å². The third-order valence-electron chi connectivity index (χ3n) is 3.33. The average molecular weight is 269 g/mol. The van der Waals surface area contributed by atoms with E-state index in [9.17, 15) is 0 Å². The summed E-state index contributed by atoms with van der Waals surface area (Å²) >= 11 is 0. The normalized spacial score (nSPS) is 12.2. The van der Waals surface area contributed by atoms with Gasteiger partial charge in [-0.15, -0.1) is 0 Å². The molecule has 0 aromatic heterocycles. The van der Waals surface area contributed by atoms with Gasteiger partial charge in [-0.3, -0.25) is 0 Å². The Morgan fingerprint density at radius 3 is 2.45 bits per heavy atom. The zero-order chi connectivity index (χ0) is 14.5. The van der Waals surface area contributed by atoms with Gasteiger partial charge in [0, 0.05) is 6.04 Å². The first-order valence-electron chi connectivity index (χ1n) is 7.21. The molecule has 0 amide bonds. The van der Waals surface area contributed by atoms with Crippen molar-refractivity contribution in [2.75, 3.05) is 0 Å². The maximum absolute atomic E-state index is 6.13. The van der Waals surface area contributed by atoms with Crippen LogP contribution in [0.3, 0.4) is 0 Å². The number of hydrogen-bond donors (Lipinski definition) is 1. The van der Waals surface area contributed by atoms with Gasteiger partial charge in [0.25, 0.3) is 0 Å². The quantitative estimate of drug-likeness (QED) is 0.881. The first-order chi connectivity index (χ1) is 9.60. The van der Waals surface area contributed by atoms with Crippen molar-refractivity contribution in [3.05, 3.63) is 59.2 Å². The molecule has 2 N–H and O–H groups in total. The van der Waals surface area contributed by atoms with Crippen molar-refractivity contribution in [3.8, 4) is 11.5 Å². The monoisotopic (exact) mass is 269 g/mol. The van der Waals surface area contributed by atoms with Gasteiger partial charge in [-0.05, 0) is 49.9 Å². The van der Waals surface area contributed by atoms with Gasteiger partial charge in [0.05, 0.1) is 0 Å². The lowest BCUT2D eigenvalue weighted by Gasteiger charge is -2.15. The summed E-state index contributed by atoms with van der Waals surface area (Å²) in [6.45, 7) is 6.25. The molecule has 2 heteroatoms. The molecule has 2 aromatic carbocycles. The molecule has 0 aliphatic carbocycles. The number of aryl methyl sites for hydroxylation is 2. The maximum atomic E-state index is 6.13. The van der Waals surface area contributed by atoms with Gasteiger partial charge in [0.2, 0.25) is 0 Å². The van der Waals surface area contributed by atoms with Crippen LogP contribution in [0.2, 0.25) is 0 Å². The topological polar surface area (TPSA) is 35.2 Å². The van der Waals surface area contributed by atoms with Crippen molar-refractivity contribution in [3.63, 3.8) is 0 Å². The molecule has 2 aromatic rings. The fraction of sp³-hybridized carbons (Fsp3) is 0.333. The van der Waals surface area contributed by atoms with E-state index in [1.54, 1.807) is 0 Å². The van der Waals surface area contributed by atoms with Crippen molar-refractivity contribution < 1.29 is 4.74 Å². The van der Waals surface area contributed by atoms with Gasteiger partial charge in [0.15, 0.2) is 0 Å². The highest BCUT2D eigenvalue weighted by molar-refractivity contribution is 5.43. The molecule has 0 spiro atoms. The minimum absolute atomic E-state index is 0.126. The van der Waals surface area contributed by atoms with E-state index in [-0.39, 0.29) is 6.04 Å². The minimum atomic E-state index is 0.126. The number of nitrogens with two attached hydrogens (primary N) is 1. The van der Waals surface area contributed by atoms with Crippen LogP contribution in [0.1, 0.15) is 30.5 Å². The molecule has 0 saturated carbocycles. The molecule has 0 heterocycles. The molecule has 0 fully saturated rings. The van der Waals surface area contributed by atoms with E-state index >= 15 is 0 Å². The van der Waals surface area contributed by atoms with Gasteiger partial charge < -0.3 is 10.5 Å². The summed E-state index contributed by atoms with van der Waals surface area (Å²) in [5, 5.41) is 0. The highest BCUT2D eigenvalue weighted by Gasteiger charge is 2.09. The number of hydrogen-bond acceptors (Lipinski definition) is 2. The van der Waals surface area contributed by atoms with Crippen molar-refractivity contribution in [1.29, 1.82) is 0 Å². The third-order valence-corrected chi connectivity index (χ3v) is 3.33. The molecule has 2 nitrogen and oxygen atoms in total. The number of benzene rings is 2. The van der Waals surface area contributed by atoms with Crippen molar-refractivity contribution in [2.45, 2.75) is 39.7 Å². The second-order valence-electron chi connectivity index (χ2n) is 5.36. The lowest BCUT2D eigenvalue weighted by Crippen LogP contribution is -2.18. The van der Waals surface area contributed by atoms with Crippen LogP contribution < -0.4 is 10.5 Å². The predicted octanol–water partition coefficient (Wildman–Crippen LogP) is 4.24. The fourth-order valence-corrected chi connectivity index (χ4v) is 2.33. The van der Waals surface area contributed by atoms with Gasteiger partial charge >= 0.3 is 0 Å². The molecule has 1 unspecified atom stereocenters. The summed E-state index contributed by atoms with van der Waals surface area (Å²) in [7, 11) is 0. The minimum Gasteiger partial charge on any atom is -0.457 e. The second-order valence-corrected chi connectivity index (χ2v) is 5.36. The molecule has 1 atom stereocenters. The highest BCUT2D eigenvalue weighted by atomic mass is 16.5. The zero-order valence-electron chi connectivity index (χ0n) is 12.5. The molecule has 2 rings (SSSR count). The van der Waals surface area contributed by atoms with Crippen LogP contribution in [0, 0.1) is 6.92 Å². The summed E-state index contributed by atoms with van der Waals surface area (Å²) in [6.07, 6.45) is 1.79. The fourth-order valence-electron chi connectivity index (χ4n) is 2.33.